The third-order valence-electron chi connectivity index (χ3n) is 3.52. The van der Waals surface area contributed by atoms with Gasteiger partial charge in [-0.05, 0) is 25.8 Å². The van der Waals surface area contributed by atoms with Crippen molar-refractivity contribution < 1.29 is 0 Å². The largest absolute Gasteiger partial charge is 0.293 e. The van der Waals surface area contributed by atoms with E-state index in [1.165, 1.54) is 58.4 Å². The van der Waals surface area contributed by atoms with Gasteiger partial charge in [0.25, 0.3) is 0 Å². The first-order valence-electron chi connectivity index (χ1n) is 6.67. The normalized spacial score (nSPS) is 21.8. The van der Waals surface area contributed by atoms with Crippen LogP contribution in [0.2, 0.25) is 0 Å². The molecule has 1 aliphatic rings. The lowest BCUT2D eigenvalue weighted by molar-refractivity contribution is 0.0892. The zero-order chi connectivity index (χ0) is 11.1. The van der Waals surface area contributed by atoms with Gasteiger partial charge in [0, 0.05) is 19.6 Å². The van der Waals surface area contributed by atoms with Crippen molar-refractivity contribution in [2.75, 3.05) is 33.4 Å². The Morgan fingerprint density at radius 2 is 2.00 bits per heavy atom. The highest BCUT2D eigenvalue weighted by atomic mass is 15.3. The Balaban J connectivity index is 2.24. The van der Waals surface area contributed by atoms with Crippen molar-refractivity contribution >= 4 is 0 Å². The first-order valence-corrected chi connectivity index (χ1v) is 6.67. The fourth-order valence-corrected chi connectivity index (χ4v) is 2.48. The molecule has 90 valence electrons. The van der Waals surface area contributed by atoms with E-state index < -0.39 is 0 Å². The molecule has 0 amide bonds. The molecule has 0 saturated carbocycles. The molecule has 2 nitrogen and oxygen atoms in total. The van der Waals surface area contributed by atoms with E-state index in [0.717, 1.165) is 5.92 Å². The first-order chi connectivity index (χ1) is 7.26. The summed E-state index contributed by atoms with van der Waals surface area (Å²) in [5, 5.41) is 0. The molecule has 0 bridgehead atoms. The Kier molecular flexibility index (Phi) is 6.26. The highest BCUT2D eigenvalue weighted by molar-refractivity contribution is 4.69. The van der Waals surface area contributed by atoms with Crippen LogP contribution in [0.25, 0.3) is 0 Å². The van der Waals surface area contributed by atoms with Crippen LogP contribution in [0, 0.1) is 5.92 Å². The molecule has 0 aromatic rings. The molecule has 0 N–H and O–H groups in total. The summed E-state index contributed by atoms with van der Waals surface area (Å²) in [4.78, 5) is 5.07. The smallest absolute Gasteiger partial charge is 0.0503 e. The van der Waals surface area contributed by atoms with Crippen molar-refractivity contribution in [3.8, 4) is 0 Å². The molecule has 1 unspecified atom stereocenters. The summed E-state index contributed by atoms with van der Waals surface area (Å²) in [5.41, 5.74) is 0. The third-order valence-corrected chi connectivity index (χ3v) is 3.52. The fourth-order valence-electron chi connectivity index (χ4n) is 2.48. The average molecular weight is 212 g/mol. The molecule has 0 spiro atoms. The molecule has 1 rings (SSSR count). The van der Waals surface area contributed by atoms with Gasteiger partial charge in [-0.3, -0.25) is 9.80 Å². The molecule has 1 aliphatic heterocycles. The monoisotopic (exact) mass is 212 g/mol. The van der Waals surface area contributed by atoms with Crippen LogP contribution in [0.15, 0.2) is 0 Å². The molecule has 0 aromatic heterocycles. The van der Waals surface area contributed by atoms with Crippen molar-refractivity contribution in [1.29, 1.82) is 0 Å². The lowest BCUT2D eigenvalue weighted by Gasteiger charge is -2.35. The SMILES string of the molecule is CCCCC(CC)CN1CCCN(C)C1. The van der Waals surface area contributed by atoms with Gasteiger partial charge in [0.1, 0.15) is 0 Å². The minimum Gasteiger partial charge on any atom is -0.293 e. The standard InChI is InChI=1S/C13H28N2/c1-4-6-8-13(5-2)11-15-10-7-9-14(3)12-15/h13H,4-12H2,1-3H3. The minimum absolute atomic E-state index is 0.927. The molecule has 1 atom stereocenters. The van der Waals surface area contributed by atoms with Gasteiger partial charge in [0.2, 0.25) is 0 Å². The van der Waals surface area contributed by atoms with Gasteiger partial charge in [-0.25, -0.2) is 0 Å². The van der Waals surface area contributed by atoms with E-state index in [2.05, 4.69) is 30.7 Å². The van der Waals surface area contributed by atoms with Crippen molar-refractivity contribution in [2.45, 2.75) is 46.0 Å². The maximum atomic E-state index is 2.63. The molecule has 1 heterocycles. The Bertz CT molecular complexity index is 159. The van der Waals surface area contributed by atoms with E-state index in [4.69, 9.17) is 0 Å². The zero-order valence-electron chi connectivity index (χ0n) is 10.8. The average Bonchev–Trinajstić information content (AvgIpc) is 2.24. The van der Waals surface area contributed by atoms with E-state index in [-0.39, 0.29) is 0 Å². The summed E-state index contributed by atoms with van der Waals surface area (Å²) < 4.78 is 0. The summed E-state index contributed by atoms with van der Waals surface area (Å²) in [7, 11) is 2.24. The van der Waals surface area contributed by atoms with Crippen LogP contribution < -0.4 is 0 Å². The Morgan fingerprint density at radius 1 is 1.20 bits per heavy atom. The molecular formula is C13H28N2. The maximum Gasteiger partial charge on any atom is 0.0503 e. The molecule has 0 aromatic carbocycles. The van der Waals surface area contributed by atoms with Gasteiger partial charge in [-0.2, -0.15) is 0 Å². The van der Waals surface area contributed by atoms with Gasteiger partial charge >= 0.3 is 0 Å². The number of hydrogen-bond acceptors (Lipinski definition) is 2. The Labute approximate surface area is 95.6 Å². The van der Waals surface area contributed by atoms with Crippen LogP contribution in [0.3, 0.4) is 0 Å². The fraction of sp³-hybridized carbons (Fsp3) is 1.00. The van der Waals surface area contributed by atoms with Crippen molar-refractivity contribution in [1.82, 2.24) is 9.80 Å². The van der Waals surface area contributed by atoms with Crippen LogP contribution >= 0.6 is 0 Å². The van der Waals surface area contributed by atoms with Crippen molar-refractivity contribution in [3.63, 3.8) is 0 Å². The predicted molar refractivity (Wildman–Crippen MR) is 67.0 cm³/mol. The first kappa shape index (κ1) is 13.0. The second-order valence-corrected chi connectivity index (χ2v) is 5.07. The molecule has 0 radical (unpaired) electrons. The van der Waals surface area contributed by atoms with E-state index in [0.29, 0.717) is 0 Å². The van der Waals surface area contributed by atoms with Gasteiger partial charge in [0.05, 0.1) is 6.67 Å². The minimum atomic E-state index is 0.927. The van der Waals surface area contributed by atoms with E-state index in [1.54, 1.807) is 0 Å². The number of rotatable bonds is 6. The summed E-state index contributed by atoms with van der Waals surface area (Å²) in [5.74, 6) is 0.927. The maximum absolute atomic E-state index is 2.63. The van der Waals surface area contributed by atoms with Crippen LogP contribution in [0.5, 0.6) is 0 Å². The van der Waals surface area contributed by atoms with Gasteiger partial charge in [-0.1, -0.05) is 33.1 Å². The Hall–Kier alpha value is -0.0800. The van der Waals surface area contributed by atoms with Gasteiger partial charge in [0.15, 0.2) is 0 Å². The molecule has 1 saturated heterocycles. The van der Waals surface area contributed by atoms with Gasteiger partial charge in [-0.15, -0.1) is 0 Å². The highest BCUT2D eigenvalue weighted by Crippen LogP contribution is 2.16. The second kappa shape index (κ2) is 7.24. The topological polar surface area (TPSA) is 6.48 Å². The van der Waals surface area contributed by atoms with Crippen LogP contribution in [-0.4, -0.2) is 43.2 Å². The predicted octanol–water partition coefficient (Wildman–Crippen LogP) is 2.80. The lowest BCUT2D eigenvalue weighted by Crippen LogP contribution is -2.44. The van der Waals surface area contributed by atoms with Gasteiger partial charge < -0.3 is 0 Å². The quantitative estimate of drug-likeness (QED) is 0.668. The van der Waals surface area contributed by atoms with Crippen molar-refractivity contribution in [2.24, 2.45) is 5.92 Å². The highest BCUT2D eigenvalue weighted by Gasteiger charge is 2.17. The van der Waals surface area contributed by atoms with Crippen LogP contribution in [-0.2, 0) is 0 Å². The number of nitrogens with zero attached hydrogens (tertiary/aromatic N) is 2. The van der Waals surface area contributed by atoms with Crippen LogP contribution in [0.4, 0.5) is 0 Å². The van der Waals surface area contributed by atoms with Crippen molar-refractivity contribution in [3.05, 3.63) is 0 Å². The molecule has 0 aliphatic carbocycles. The molecule has 15 heavy (non-hydrogen) atoms. The zero-order valence-corrected chi connectivity index (χ0v) is 10.8. The second-order valence-electron chi connectivity index (χ2n) is 5.07. The summed E-state index contributed by atoms with van der Waals surface area (Å²) >= 11 is 0. The summed E-state index contributed by atoms with van der Waals surface area (Å²) in [6.07, 6.45) is 6.87. The van der Waals surface area contributed by atoms with E-state index in [9.17, 15) is 0 Å². The summed E-state index contributed by atoms with van der Waals surface area (Å²) in [6, 6.07) is 0. The van der Waals surface area contributed by atoms with E-state index in [1.807, 2.05) is 0 Å². The third kappa shape index (κ3) is 4.98. The van der Waals surface area contributed by atoms with Crippen LogP contribution in [0.1, 0.15) is 46.0 Å². The number of hydrogen-bond donors (Lipinski definition) is 0. The number of unbranched alkanes of at least 4 members (excludes halogenated alkanes) is 1. The molecule has 1 fully saturated rings. The lowest BCUT2D eigenvalue weighted by atomic mass is 9.98. The van der Waals surface area contributed by atoms with E-state index >= 15 is 0 Å². The molecular weight excluding hydrogens is 184 g/mol. The summed E-state index contributed by atoms with van der Waals surface area (Å²) in [6.45, 7) is 9.73. The Morgan fingerprint density at radius 3 is 2.60 bits per heavy atom. The molecule has 2 heteroatoms.